The number of aryl methyl sites for hydroxylation is 2. The van der Waals surface area contributed by atoms with Gasteiger partial charge in [0.2, 0.25) is 5.89 Å². The molecule has 2 aromatic rings. The maximum Gasteiger partial charge on any atom is 0.310 e. The molecular weight excluding hydrogens is 280 g/mol. The Morgan fingerprint density at radius 3 is 3.00 bits per heavy atom. The first-order valence-corrected chi connectivity index (χ1v) is 7.69. The van der Waals surface area contributed by atoms with Crippen molar-refractivity contribution in [3.8, 4) is 0 Å². The fraction of sp³-hybridized carbons (Fsp3) is 0.471. The van der Waals surface area contributed by atoms with Crippen LogP contribution in [0.3, 0.4) is 0 Å². The lowest BCUT2D eigenvalue weighted by Crippen LogP contribution is -2.17. The van der Waals surface area contributed by atoms with Crippen LogP contribution in [0.4, 0.5) is 0 Å². The lowest BCUT2D eigenvalue weighted by atomic mass is 9.95. The minimum Gasteiger partial charge on any atom is -0.452 e. The number of carbonyl (C=O) groups excluding carboxylic acids is 1. The lowest BCUT2D eigenvalue weighted by molar-refractivity contribution is -0.151. The van der Waals surface area contributed by atoms with Crippen molar-refractivity contribution in [3.63, 3.8) is 0 Å². The summed E-state index contributed by atoms with van der Waals surface area (Å²) < 4.78 is 10.9. The molecule has 5 heteroatoms. The smallest absolute Gasteiger partial charge is 0.310 e. The van der Waals surface area contributed by atoms with Gasteiger partial charge in [-0.3, -0.25) is 4.79 Å². The summed E-state index contributed by atoms with van der Waals surface area (Å²) in [5.41, 5.74) is 2.72. The molecule has 0 N–H and O–H groups in total. The number of rotatable bonds is 3. The zero-order chi connectivity index (χ0) is 15.3. The van der Waals surface area contributed by atoms with E-state index in [9.17, 15) is 4.79 Å². The second kappa shape index (κ2) is 4.66. The van der Waals surface area contributed by atoms with Crippen LogP contribution in [0.25, 0.3) is 0 Å². The highest BCUT2D eigenvalue weighted by molar-refractivity contribution is 5.80. The van der Waals surface area contributed by atoms with Crippen molar-refractivity contribution in [2.24, 2.45) is 5.92 Å². The predicted octanol–water partition coefficient (Wildman–Crippen LogP) is 2.89. The Kier molecular flexibility index (Phi) is 2.86. The largest absolute Gasteiger partial charge is 0.452 e. The third kappa shape index (κ3) is 1.95. The maximum absolute atomic E-state index is 12.5. The molecule has 1 aromatic carbocycles. The topological polar surface area (TPSA) is 65.2 Å². The van der Waals surface area contributed by atoms with Gasteiger partial charge in [-0.15, -0.1) is 10.2 Å². The molecule has 22 heavy (non-hydrogen) atoms. The van der Waals surface area contributed by atoms with Crippen molar-refractivity contribution in [1.29, 1.82) is 0 Å². The SMILES string of the molecule is Cc1nnc(C(C)OC(=O)C2CC23CCc2ccccc23)o1. The maximum atomic E-state index is 12.5. The Labute approximate surface area is 128 Å². The van der Waals surface area contributed by atoms with Gasteiger partial charge in [-0.2, -0.15) is 0 Å². The summed E-state index contributed by atoms with van der Waals surface area (Å²) in [4.78, 5) is 12.5. The van der Waals surface area contributed by atoms with E-state index in [2.05, 4.69) is 34.5 Å². The molecule has 0 amide bonds. The molecule has 3 unspecified atom stereocenters. The summed E-state index contributed by atoms with van der Waals surface area (Å²) in [6, 6.07) is 8.43. The molecule has 2 aliphatic rings. The van der Waals surface area contributed by atoms with E-state index in [1.165, 1.54) is 11.1 Å². The number of carbonyl (C=O) groups is 1. The molecule has 4 rings (SSSR count). The summed E-state index contributed by atoms with van der Waals surface area (Å²) in [5, 5.41) is 7.68. The molecule has 5 nitrogen and oxygen atoms in total. The zero-order valence-corrected chi connectivity index (χ0v) is 12.7. The van der Waals surface area contributed by atoms with Crippen molar-refractivity contribution in [2.75, 3.05) is 0 Å². The molecule has 0 saturated heterocycles. The van der Waals surface area contributed by atoms with Gasteiger partial charge in [-0.25, -0.2) is 0 Å². The van der Waals surface area contributed by atoms with E-state index in [1.54, 1.807) is 13.8 Å². The molecule has 1 saturated carbocycles. The minimum absolute atomic E-state index is 0.0121. The van der Waals surface area contributed by atoms with Crippen LogP contribution < -0.4 is 0 Å². The number of hydrogen-bond acceptors (Lipinski definition) is 5. The number of ether oxygens (including phenoxy) is 1. The average molecular weight is 298 g/mol. The van der Waals surface area contributed by atoms with Crippen LogP contribution >= 0.6 is 0 Å². The van der Waals surface area contributed by atoms with Gasteiger partial charge >= 0.3 is 5.97 Å². The van der Waals surface area contributed by atoms with E-state index in [0.717, 1.165) is 19.3 Å². The molecule has 1 heterocycles. The summed E-state index contributed by atoms with van der Waals surface area (Å²) in [7, 11) is 0. The Morgan fingerprint density at radius 1 is 1.41 bits per heavy atom. The molecule has 2 aliphatic carbocycles. The van der Waals surface area contributed by atoms with Crippen LogP contribution in [0.5, 0.6) is 0 Å². The molecule has 1 spiro atoms. The minimum atomic E-state index is -0.497. The highest BCUT2D eigenvalue weighted by Gasteiger charge is 2.62. The summed E-state index contributed by atoms with van der Waals surface area (Å²) >= 11 is 0. The van der Waals surface area contributed by atoms with E-state index in [4.69, 9.17) is 9.15 Å². The van der Waals surface area contributed by atoms with E-state index < -0.39 is 6.10 Å². The van der Waals surface area contributed by atoms with Gasteiger partial charge in [0.25, 0.3) is 5.89 Å². The fourth-order valence-corrected chi connectivity index (χ4v) is 3.69. The molecular formula is C17H18N2O3. The van der Waals surface area contributed by atoms with Gasteiger partial charge in [0.05, 0.1) is 5.92 Å². The standard InChI is InChI=1S/C17H18N2O3/c1-10(15-19-18-11(2)22-15)21-16(20)14-9-17(14)8-7-12-5-3-4-6-13(12)17/h3-6,10,14H,7-9H2,1-2H3. The molecule has 0 bridgehead atoms. The summed E-state index contributed by atoms with van der Waals surface area (Å²) in [6.07, 6.45) is 2.49. The quantitative estimate of drug-likeness (QED) is 0.815. The van der Waals surface area contributed by atoms with Crippen molar-refractivity contribution >= 4 is 5.97 Å². The van der Waals surface area contributed by atoms with Crippen LogP contribution in [0.15, 0.2) is 28.7 Å². The van der Waals surface area contributed by atoms with Gasteiger partial charge < -0.3 is 9.15 Å². The highest BCUT2D eigenvalue weighted by Crippen LogP contribution is 2.62. The van der Waals surface area contributed by atoms with Crippen molar-refractivity contribution in [3.05, 3.63) is 47.2 Å². The average Bonchev–Trinajstić information content (AvgIpc) is 2.89. The van der Waals surface area contributed by atoms with Gasteiger partial charge in [0.15, 0.2) is 6.10 Å². The normalized spacial score (nSPS) is 26.7. The zero-order valence-electron chi connectivity index (χ0n) is 12.7. The molecule has 114 valence electrons. The van der Waals surface area contributed by atoms with E-state index in [1.807, 2.05) is 0 Å². The van der Waals surface area contributed by atoms with Crippen LogP contribution in [0.1, 0.15) is 48.8 Å². The first-order valence-electron chi connectivity index (χ1n) is 7.69. The van der Waals surface area contributed by atoms with E-state index >= 15 is 0 Å². The van der Waals surface area contributed by atoms with Gasteiger partial charge in [-0.1, -0.05) is 24.3 Å². The number of nitrogens with zero attached hydrogens (tertiary/aromatic N) is 2. The van der Waals surface area contributed by atoms with Gasteiger partial charge in [0.1, 0.15) is 0 Å². The number of fused-ring (bicyclic) bond motifs is 2. The van der Waals surface area contributed by atoms with E-state index in [0.29, 0.717) is 11.8 Å². The fourth-order valence-electron chi connectivity index (χ4n) is 3.69. The Bertz CT molecular complexity index is 739. The number of hydrogen-bond donors (Lipinski definition) is 0. The molecule has 1 fully saturated rings. The van der Waals surface area contributed by atoms with Crippen LogP contribution in [0, 0.1) is 12.8 Å². The molecule has 3 atom stereocenters. The van der Waals surface area contributed by atoms with Gasteiger partial charge in [-0.05, 0) is 37.3 Å². The van der Waals surface area contributed by atoms with Gasteiger partial charge in [0, 0.05) is 12.3 Å². The summed E-state index contributed by atoms with van der Waals surface area (Å²) in [6.45, 7) is 3.49. The van der Waals surface area contributed by atoms with Crippen LogP contribution in [-0.4, -0.2) is 16.2 Å². The Balaban J connectivity index is 1.48. The van der Waals surface area contributed by atoms with Crippen LogP contribution in [0.2, 0.25) is 0 Å². The van der Waals surface area contributed by atoms with E-state index in [-0.39, 0.29) is 17.3 Å². The first-order chi connectivity index (χ1) is 10.6. The molecule has 0 radical (unpaired) electrons. The molecule has 0 aliphatic heterocycles. The molecule has 1 aromatic heterocycles. The Morgan fingerprint density at radius 2 is 2.23 bits per heavy atom. The third-order valence-corrected chi connectivity index (χ3v) is 4.94. The monoisotopic (exact) mass is 298 g/mol. The van der Waals surface area contributed by atoms with Crippen molar-refractivity contribution in [1.82, 2.24) is 10.2 Å². The van der Waals surface area contributed by atoms with Crippen LogP contribution in [-0.2, 0) is 21.4 Å². The second-order valence-corrected chi connectivity index (χ2v) is 6.31. The highest BCUT2D eigenvalue weighted by atomic mass is 16.6. The third-order valence-electron chi connectivity index (χ3n) is 4.94. The summed E-state index contributed by atoms with van der Waals surface area (Å²) in [5.74, 6) is 0.639. The first kappa shape index (κ1) is 13.5. The van der Waals surface area contributed by atoms with Crippen molar-refractivity contribution in [2.45, 2.75) is 44.6 Å². The lowest BCUT2D eigenvalue weighted by Gasteiger charge is -2.13. The number of benzene rings is 1. The Hall–Kier alpha value is -2.17. The number of esters is 1. The predicted molar refractivity (Wildman–Crippen MR) is 78.1 cm³/mol. The number of aromatic nitrogens is 2. The second-order valence-electron chi connectivity index (χ2n) is 6.31. The van der Waals surface area contributed by atoms with Crippen molar-refractivity contribution < 1.29 is 13.9 Å².